The summed E-state index contributed by atoms with van der Waals surface area (Å²) in [6.07, 6.45) is 0. The highest BCUT2D eigenvalue weighted by Crippen LogP contribution is 2.66. The summed E-state index contributed by atoms with van der Waals surface area (Å²) in [6, 6.07) is 73.3. The van der Waals surface area contributed by atoms with Crippen molar-refractivity contribution in [1.29, 1.82) is 0 Å². The molecule has 3 heterocycles. The number of hydrogen-bond acceptors (Lipinski definition) is 4. The van der Waals surface area contributed by atoms with Crippen LogP contribution in [0.1, 0.15) is 22.3 Å². The van der Waals surface area contributed by atoms with E-state index in [4.69, 9.17) is 18.8 Å². The molecular formula is C59H34N2O2. The molecule has 0 fully saturated rings. The van der Waals surface area contributed by atoms with Crippen LogP contribution in [0.15, 0.2) is 215 Å². The van der Waals surface area contributed by atoms with Gasteiger partial charge in [-0.2, -0.15) is 0 Å². The molecule has 292 valence electrons. The first-order chi connectivity index (χ1) is 31.2. The van der Waals surface area contributed by atoms with E-state index < -0.39 is 5.41 Å². The SMILES string of the molecule is c1ccc(-c2cc(-c3ccccc3)nc(-c3ccc(-c4cc5c(c6oc7ccccc7c46)-c4c(ccc6oc7ccccc7c46)C54c5ccccc5-c5ccccc54)cc3)n2)cc1. The van der Waals surface area contributed by atoms with E-state index in [1.54, 1.807) is 0 Å². The van der Waals surface area contributed by atoms with E-state index in [-0.39, 0.29) is 0 Å². The molecule has 3 aromatic heterocycles. The van der Waals surface area contributed by atoms with Gasteiger partial charge in [0.05, 0.1) is 16.8 Å². The first-order valence-corrected chi connectivity index (χ1v) is 21.5. The van der Waals surface area contributed by atoms with Crippen LogP contribution in [-0.2, 0) is 5.41 Å². The number of fused-ring (bicyclic) bond motifs is 18. The van der Waals surface area contributed by atoms with Crippen molar-refractivity contribution in [3.8, 4) is 67.3 Å². The Bertz CT molecular complexity index is 3740. The number of nitrogens with zero attached hydrogens (tertiary/aromatic N) is 2. The molecule has 0 amide bonds. The minimum Gasteiger partial charge on any atom is -0.456 e. The normalized spacial score (nSPS) is 13.2. The smallest absolute Gasteiger partial charge is 0.160 e. The third kappa shape index (κ3) is 4.69. The monoisotopic (exact) mass is 802 g/mol. The number of rotatable bonds is 4. The fraction of sp³-hybridized carbons (Fsp3) is 0.0169. The van der Waals surface area contributed by atoms with E-state index >= 15 is 0 Å². The molecule has 0 unspecified atom stereocenters. The lowest BCUT2D eigenvalue weighted by Gasteiger charge is -2.30. The summed E-state index contributed by atoms with van der Waals surface area (Å²) in [6.45, 7) is 0. The lowest BCUT2D eigenvalue weighted by molar-refractivity contribution is 0.668. The summed E-state index contributed by atoms with van der Waals surface area (Å²) in [4.78, 5) is 10.3. The van der Waals surface area contributed by atoms with Gasteiger partial charge >= 0.3 is 0 Å². The molecular weight excluding hydrogens is 769 g/mol. The molecule has 0 radical (unpaired) electrons. The zero-order valence-corrected chi connectivity index (χ0v) is 33.8. The Morgan fingerprint density at radius 3 is 1.52 bits per heavy atom. The van der Waals surface area contributed by atoms with Crippen LogP contribution in [0, 0.1) is 0 Å². The van der Waals surface area contributed by atoms with Crippen LogP contribution >= 0.6 is 0 Å². The Morgan fingerprint density at radius 2 is 0.873 bits per heavy atom. The van der Waals surface area contributed by atoms with Crippen LogP contribution < -0.4 is 0 Å². The summed E-state index contributed by atoms with van der Waals surface area (Å²) in [5.74, 6) is 0.680. The number of hydrogen-bond donors (Lipinski definition) is 0. The van der Waals surface area contributed by atoms with Crippen LogP contribution in [0.4, 0.5) is 0 Å². The molecule has 2 aliphatic carbocycles. The van der Waals surface area contributed by atoms with Gasteiger partial charge in [-0.3, -0.25) is 0 Å². The third-order valence-corrected chi connectivity index (χ3v) is 13.5. The van der Waals surface area contributed by atoms with Gasteiger partial charge in [-0.25, -0.2) is 9.97 Å². The van der Waals surface area contributed by atoms with E-state index in [9.17, 15) is 0 Å². The van der Waals surface area contributed by atoms with Gasteiger partial charge in [0.2, 0.25) is 0 Å². The molecule has 0 saturated carbocycles. The van der Waals surface area contributed by atoms with E-state index in [1.807, 2.05) is 18.2 Å². The molecule has 0 bridgehead atoms. The van der Waals surface area contributed by atoms with Crippen LogP contribution in [0.25, 0.3) is 111 Å². The summed E-state index contributed by atoms with van der Waals surface area (Å²) in [7, 11) is 0. The lowest BCUT2D eigenvalue weighted by Crippen LogP contribution is -2.25. The minimum absolute atomic E-state index is 0.605. The molecule has 1 spiro atoms. The average molecular weight is 803 g/mol. The molecule has 14 rings (SSSR count). The predicted octanol–water partition coefficient (Wildman–Crippen LogP) is 15.3. The molecule has 0 atom stereocenters. The molecule has 0 N–H and O–H groups in total. The second-order valence-corrected chi connectivity index (χ2v) is 16.7. The molecule has 4 nitrogen and oxygen atoms in total. The number of para-hydroxylation sites is 2. The fourth-order valence-corrected chi connectivity index (χ4v) is 10.9. The quantitative estimate of drug-likeness (QED) is 0.178. The maximum atomic E-state index is 7.18. The van der Waals surface area contributed by atoms with Crippen molar-refractivity contribution in [3.05, 3.63) is 229 Å². The third-order valence-electron chi connectivity index (χ3n) is 13.5. The maximum Gasteiger partial charge on any atom is 0.160 e. The highest BCUT2D eigenvalue weighted by atomic mass is 16.3. The predicted molar refractivity (Wildman–Crippen MR) is 255 cm³/mol. The van der Waals surface area contributed by atoms with Crippen molar-refractivity contribution in [2.45, 2.75) is 5.41 Å². The Morgan fingerprint density at radius 1 is 0.333 bits per heavy atom. The molecule has 0 saturated heterocycles. The van der Waals surface area contributed by atoms with Crippen molar-refractivity contribution >= 4 is 43.9 Å². The van der Waals surface area contributed by atoms with Gasteiger partial charge in [0.25, 0.3) is 0 Å². The summed E-state index contributed by atoms with van der Waals surface area (Å²) >= 11 is 0. The summed E-state index contributed by atoms with van der Waals surface area (Å²) in [5.41, 5.74) is 19.7. The highest BCUT2D eigenvalue weighted by Gasteiger charge is 2.53. The molecule has 9 aromatic carbocycles. The van der Waals surface area contributed by atoms with E-state index in [0.29, 0.717) is 5.82 Å². The molecule has 12 aromatic rings. The van der Waals surface area contributed by atoms with Gasteiger partial charge in [-0.15, -0.1) is 0 Å². The standard InChI is InChI=1S/C59H34N2O2/c1-3-15-36(16-4-1)48-34-49(37-17-5-2-6-18-37)61-58(60-48)38-29-27-35(28-30-38)43-33-47-56(57-53(43)41-21-9-14-26-51(41)63-57)55-46(31-32-52-54(55)42-22-10-13-25-50(42)62-52)59(47)44-23-11-7-19-39(44)40-20-8-12-24-45(40)59/h1-34H. The molecule has 0 aliphatic heterocycles. The zero-order valence-electron chi connectivity index (χ0n) is 33.8. The van der Waals surface area contributed by atoms with Crippen LogP contribution in [-0.4, -0.2) is 9.97 Å². The Kier molecular flexibility index (Phi) is 7.01. The van der Waals surface area contributed by atoms with E-state index in [2.05, 4.69) is 188 Å². The van der Waals surface area contributed by atoms with Crippen LogP contribution in [0.2, 0.25) is 0 Å². The largest absolute Gasteiger partial charge is 0.456 e. The fourth-order valence-electron chi connectivity index (χ4n) is 10.9. The van der Waals surface area contributed by atoms with E-state index in [1.165, 1.54) is 38.9 Å². The minimum atomic E-state index is -0.605. The summed E-state index contributed by atoms with van der Waals surface area (Å²) in [5, 5.41) is 4.40. The number of aromatic nitrogens is 2. The highest BCUT2D eigenvalue weighted by molar-refractivity contribution is 6.24. The second kappa shape index (κ2) is 12.8. The second-order valence-electron chi connectivity index (χ2n) is 16.7. The number of furan rings is 2. The Hall–Kier alpha value is -8.34. The van der Waals surface area contributed by atoms with Crippen molar-refractivity contribution < 1.29 is 8.83 Å². The molecule has 63 heavy (non-hydrogen) atoms. The van der Waals surface area contributed by atoms with Gasteiger partial charge in [-0.05, 0) is 74.8 Å². The molecule has 4 heteroatoms. The lowest BCUT2D eigenvalue weighted by atomic mass is 9.70. The number of benzene rings is 9. The van der Waals surface area contributed by atoms with Gasteiger partial charge in [0.15, 0.2) is 5.82 Å². The van der Waals surface area contributed by atoms with E-state index in [0.717, 1.165) is 88.6 Å². The van der Waals surface area contributed by atoms with Crippen molar-refractivity contribution in [2.24, 2.45) is 0 Å². The van der Waals surface area contributed by atoms with Crippen molar-refractivity contribution in [1.82, 2.24) is 9.97 Å². The van der Waals surface area contributed by atoms with Crippen LogP contribution in [0.5, 0.6) is 0 Å². The maximum absolute atomic E-state index is 7.18. The van der Waals surface area contributed by atoms with Gasteiger partial charge in [0.1, 0.15) is 22.3 Å². The topological polar surface area (TPSA) is 52.1 Å². The first-order valence-electron chi connectivity index (χ1n) is 21.5. The Labute approximate surface area is 362 Å². The van der Waals surface area contributed by atoms with Crippen LogP contribution in [0.3, 0.4) is 0 Å². The molecule has 2 aliphatic rings. The van der Waals surface area contributed by atoms with Gasteiger partial charge in [0, 0.05) is 49.4 Å². The Balaban J connectivity index is 1.06. The van der Waals surface area contributed by atoms with Gasteiger partial charge < -0.3 is 8.83 Å². The van der Waals surface area contributed by atoms with Gasteiger partial charge in [-0.1, -0.05) is 176 Å². The average Bonchev–Trinajstić information content (AvgIpc) is 4.09. The first kappa shape index (κ1) is 34.4. The zero-order chi connectivity index (χ0) is 41.2. The summed E-state index contributed by atoms with van der Waals surface area (Å²) < 4.78 is 13.8. The van der Waals surface area contributed by atoms with Crippen molar-refractivity contribution in [2.75, 3.05) is 0 Å². The van der Waals surface area contributed by atoms with Crippen molar-refractivity contribution in [3.63, 3.8) is 0 Å².